The number of rotatable bonds is 5. The highest BCUT2D eigenvalue weighted by atomic mass is 35.5. The summed E-state index contributed by atoms with van der Waals surface area (Å²) < 4.78 is 5.26. The van der Waals surface area contributed by atoms with Crippen molar-refractivity contribution in [1.29, 1.82) is 0 Å². The van der Waals surface area contributed by atoms with E-state index in [1.165, 1.54) is 5.56 Å². The van der Waals surface area contributed by atoms with Gasteiger partial charge < -0.3 is 10.1 Å². The highest BCUT2D eigenvalue weighted by molar-refractivity contribution is 6.42. The van der Waals surface area contributed by atoms with Crippen molar-refractivity contribution in [2.24, 2.45) is 0 Å². The summed E-state index contributed by atoms with van der Waals surface area (Å²) in [5, 5.41) is 4.72. The minimum absolute atomic E-state index is 0.0948. The van der Waals surface area contributed by atoms with Crippen LogP contribution in [0, 0.1) is 0 Å². The van der Waals surface area contributed by atoms with Gasteiger partial charge in [0.05, 0.1) is 17.2 Å². The zero-order chi connectivity index (χ0) is 15.4. The molecule has 2 aromatic rings. The number of ether oxygens (including phenoxy) is 1. The summed E-state index contributed by atoms with van der Waals surface area (Å²) in [4.78, 5) is 0. The second kappa shape index (κ2) is 7.17. The van der Waals surface area contributed by atoms with Crippen molar-refractivity contribution in [2.45, 2.75) is 25.9 Å². The molecular formula is C17H19Cl2NO. The van der Waals surface area contributed by atoms with Crippen LogP contribution in [-0.4, -0.2) is 7.11 Å². The maximum Gasteiger partial charge on any atom is 0.119 e. The van der Waals surface area contributed by atoms with E-state index in [9.17, 15) is 0 Å². The minimum atomic E-state index is 0.0948. The van der Waals surface area contributed by atoms with Gasteiger partial charge in [-0.1, -0.05) is 47.5 Å². The Hall–Kier alpha value is -1.22. The molecule has 2 atom stereocenters. The average Bonchev–Trinajstić information content (AvgIpc) is 2.49. The van der Waals surface area contributed by atoms with Crippen LogP contribution in [0.5, 0.6) is 5.75 Å². The van der Waals surface area contributed by atoms with Crippen LogP contribution in [-0.2, 0) is 0 Å². The molecule has 0 aromatic heterocycles. The molecule has 0 bridgehead atoms. The van der Waals surface area contributed by atoms with Crippen molar-refractivity contribution in [3.8, 4) is 5.75 Å². The van der Waals surface area contributed by atoms with Gasteiger partial charge in [-0.15, -0.1) is 0 Å². The lowest BCUT2D eigenvalue weighted by Gasteiger charge is -2.22. The topological polar surface area (TPSA) is 21.3 Å². The molecule has 2 rings (SSSR count). The van der Waals surface area contributed by atoms with Crippen LogP contribution in [0.1, 0.15) is 37.1 Å². The molecule has 1 unspecified atom stereocenters. The molecule has 0 spiro atoms. The van der Waals surface area contributed by atoms with Gasteiger partial charge in [-0.25, -0.2) is 0 Å². The first-order chi connectivity index (χ1) is 10.0. The molecule has 4 heteroatoms. The highest BCUT2D eigenvalue weighted by Gasteiger charge is 2.15. The largest absolute Gasteiger partial charge is 0.497 e. The summed E-state index contributed by atoms with van der Waals surface area (Å²) in [5.41, 5.74) is 2.17. The van der Waals surface area contributed by atoms with E-state index in [1.807, 2.05) is 30.3 Å². The van der Waals surface area contributed by atoms with Crippen LogP contribution in [0.25, 0.3) is 0 Å². The van der Waals surface area contributed by atoms with Crippen LogP contribution in [0.15, 0.2) is 42.5 Å². The Bertz CT molecular complexity index is 615. The van der Waals surface area contributed by atoms with Crippen LogP contribution < -0.4 is 10.1 Å². The number of benzene rings is 2. The van der Waals surface area contributed by atoms with E-state index in [2.05, 4.69) is 25.2 Å². The van der Waals surface area contributed by atoms with E-state index in [0.717, 1.165) is 11.3 Å². The Kier molecular flexibility index (Phi) is 5.51. The number of hydrogen-bond donors (Lipinski definition) is 1. The second-order valence-corrected chi connectivity index (χ2v) is 5.81. The van der Waals surface area contributed by atoms with Crippen molar-refractivity contribution < 1.29 is 4.74 Å². The molecule has 112 valence electrons. The Morgan fingerprint density at radius 3 is 2.43 bits per heavy atom. The molecule has 21 heavy (non-hydrogen) atoms. The molecule has 2 aromatic carbocycles. The zero-order valence-corrected chi connectivity index (χ0v) is 13.9. The first-order valence-corrected chi connectivity index (χ1v) is 7.62. The van der Waals surface area contributed by atoms with Gasteiger partial charge >= 0.3 is 0 Å². The quantitative estimate of drug-likeness (QED) is 0.793. The molecule has 0 saturated carbocycles. The van der Waals surface area contributed by atoms with E-state index in [1.54, 1.807) is 13.2 Å². The Morgan fingerprint density at radius 2 is 1.71 bits per heavy atom. The van der Waals surface area contributed by atoms with Gasteiger partial charge in [-0.3, -0.25) is 0 Å². The van der Waals surface area contributed by atoms with Crippen LogP contribution >= 0.6 is 23.2 Å². The smallest absolute Gasteiger partial charge is 0.119 e. The normalized spacial score (nSPS) is 13.8. The van der Waals surface area contributed by atoms with Gasteiger partial charge in [-0.2, -0.15) is 0 Å². The molecule has 0 aliphatic heterocycles. The third-order valence-corrected chi connectivity index (χ3v) is 4.38. The van der Waals surface area contributed by atoms with Crippen molar-refractivity contribution in [2.75, 3.05) is 7.11 Å². The summed E-state index contributed by atoms with van der Waals surface area (Å²) >= 11 is 12.3. The Morgan fingerprint density at radius 1 is 1.00 bits per heavy atom. The second-order valence-electron chi connectivity index (χ2n) is 5.03. The lowest BCUT2D eigenvalue weighted by molar-refractivity contribution is 0.412. The lowest BCUT2D eigenvalue weighted by Crippen LogP contribution is -2.22. The van der Waals surface area contributed by atoms with Gasteiger partial charge in [0, 0.05) is 12.1 Å². The van der Waals surface area contributed by atoms with E-state index < -0.39 is 0 Å². The van der Waals surface area contributed by atoms with Gasteiger partial charge in [0.15, 0.2) is 0 Å². The predicted octanol–water partition coefficient (Wildman–Crippen LogP) is 5.41. The van der Waals surface area contributed by atoms with Crippen LogP contribution in [0.3, 0.4) is 0 Å². The lowest BCUT2D eigenvalue weighted by atomic mass is 10.0. The van der Waals surface area contributed by atoms with Crippen LogP contribution in [0.4, 0.5) is 0 Å². The Balaban J connectivity index is 2.14. The molecule has 0 aliphatic rings. The zero-order valence-electron chi connectivity index (χ0n) is 12.4. The fourth-order valence-electron chi connectivity index (χ4n) is 2.33. The van der Waals surface area contributed by atoms with Crippen molar-refractivity contribution >= 4 is 23.2 Å². The maximum atomic E-state index is 6.27. The predicted molar refractivity (Wildman–Crippen MR) is 89.4 cm³/mol. The van der Waals surface area contributed by atoms with Gasteiger partial charge in [0.1, 0.15) is 5.75 Å². The van der Waals surface area contributed by atoms with Gasteiger partial charge in [0.2, 0.25) is 0 Å². The van der Waals surface area contributed by atoms with E-state index in [-0.39, 0.29) is 12.1 Å². The third-order valence-electron chi connectivity index (χ3n) is 3.54. The summed E-state index contributed by atoms with van der Waals surface area (Å²) in [6.45, 7) is 4.19. The summed E-state index contributed by atoms with van der Waals surface area (Å²) in [6, 6.07) is 14.0. The molecule has 0 saturated heterocycles. The standard InChI is InChI=1S/C17H19Cl2NO/c1-11(13-6-4-7-14(10-13)21-3)20-12(2)15-8-5-9-16(18)17(15)19/h4-12,20H,1-3H3/t11-,12?/m1/s1. The first kappa shape index (κ1) is 16.2. The molecule has 0 heterocycles. The molecule has 1 N–H and O–H groups in total. The molecule has 0 radical (unpaired) electrons. The van der Waals surface area contributed by atoms with Crippen molar-refractivity contribution in [3.63, 3.8) is 0 Å². The van der Waals surface area contributed by atoms with Gasteiger partial charge in [-0.05, 0) is 43.2 Å². The summed E-state index contributed by atoms with van der Waals surface area (Å²) in [6.07, 6.45) is 0. The molecule has 0 aliphatic carbocycles. The number of hydrogen-bond acceptors (Lipinski definition) is 2. The van der Waals surface area contributed by atoms with E-state index in [0.29, 0.717) is 10.0 Å². The molecular weight excluding hydrogens is 305 g/mol. The fraction of sp³-hybridized carbons (Fsp3) is 0.294. The summed E-state index contributed by atoms with van der Waals surface area (Å²) in [7, 11) is 1.67. The summed E-state index contributed by atoms with van der Waals surface area (Å²) in [5.74, 6) is 0.856. The number of methoxy groups -OCH3 is 1. The van der Waals surface area contributed by atoms with Crippen molar-refractivity contribution in [3.05, 3.63) is 63.6 Å². The van der Waals surface area contributed by atoms with Crippen LogP contribution in [0.2, 0.25) is 10.0 Å². The fourth-order valence-corrected chi connectivity index (χ4v) is 2.80. The number of nitrogens with one attached hydrogen (secondary N) is 1. The van der Waals surface area contributed by atoms with Gasteiger partial charge in [0.25, 0.3) is 0 Å². The highest BCUT2D eigenvalue weighted by Crippen LogP contribution is 2.31. The third kappa shape index (κ3) is 3.91. The molecule has 2 nitrogen and oxygen atoms in total. The van der Waals surface area contributed by atoms with E-state index in [4.69, 9.17) is 27.9 Å². The van der Waals surface area contributed by atoms with E-state index >= 15 is 0 Å². The molecule has 0 amide bonds. The Labute approximate surface area is 136 Å². The number of halogens is 2. The average molecular weight is 324 g/mol. The maximum absolute atomic E-state index is 6.27. The molecule has 0 fully saturated rings. The SMILES string of the molecule is COc1cccc([C@@H](C)NC(C)c2cccc(Cl)c2Cl)c1. The van der Waals surface area contributed by atoms with Crippen molar-refractivity contribution in [1.82, 2.24) is 5.32 Å². The first-order valence-electron chi connectivity index (χ1n) is 6.87. The minimum Gasteiger partial charge on any atom is -0.497 e. The monoisotopic (exact) mass is 323 g/mol.